The van der Waals surface area contributed by atoms with Crippen LogP contribution < -0.4 is 5.32 Å². The Hall–Kier alpha value is -1.79. The van der Waals surface area contributed by atoms with Crippen LogP contribution in [0.4, 0.5) is 4.79 Å². The first-order valence-corrected chi connectivity index (χ1v) is 9.06. The van der Waals surface area contributed by atoms with Crippen LogP contribution in [0.2, 0.25) is 0 Å². The van der Waals surface area contributed by atoms with Crippen LogP contribution in [0.3, 0.4) is 0 Å². The summed E-state index contributed by atoms with van der Waals surface area (Å²) in [4.78, 5) is 15.7. The van der Waals surface area contributed by atoms with Gasteiger partial charge in [-0.1, -0.05) is 26.8 Å². The number of carbonyl (C=O) groups is 1. The first kappa shape index (κ1) is 21.3. The van der Waals surface area contributed by atoms with Gasteiger partial charge in [0.1, 0.15) is 5.75 Å². The molecule has 1 unspecified atom stereocenters. The molecular formula is C19H33N3O3. The second kappa shape index (κ2) is 10.9. The molecule has 142 valence electrons. The predicted octanol–water partition coefficient (Wildman–Crippen LogP) is 2.97. The molecule has 0 saturated carbocycles. The molecule has 0 radical (unpaired) electrons. The number of phenolic OH excluding ortho intramolecular Hbond substituents is 1. The maximum absolute atomic E-state index is 11.2. The summed E-state index contributed by atoms with van der Waals surface area (Å²) in [7, 11) is 1.36. The standard InChI is InChI=1S/C19H33N3O3/c1-6-21(7-2)14-17-13-16(9-10-18(17)23)15(4)22(8-3)12-11-20-19(24)25-5/h9-10,13,15,23H,6-8,11-12,14H2,1-5H3,(H,20,24). The molecule has 1 rings (SSSR count). The largest absolute Gasteiger partial charge is 0.508 e. The van der Waals surface area contributed by atoms with Crippen LogP contribution in [-0.2, 0) is 11.3 Å². The third kappa shape index (κ3) is 6.55. The highest BCUT2D eigenvalue weighted by Crippen LogP contribution is 2.26. The fourth-order valence-corrected chi connectivity index (χ4v) is 2.89. The minimum absolute atomic E-state index is 0.195. The van der Waals surface area contributed by atoms with Gasteiger partial charge >= 0.3 is 6.09 Å². The van der Waals surface area contributed by atoms with Crippen LogP contribution in [-0.4, -0.2) is 60.8 Å². The molecule has 0 bridgehead atoms. The van der Waals surface area contributed by atoms with E-state index >= 15 is 0 Å². The van der Waals surface area contributed by atoms with Crippen LogP contribution in [0.5, 0.6) is 5.75 Å². The summed E-state index contributed by atoms with van der Waals surface area (Å²) in [6, 6.07) is 6.04. The number of hydrogen-bond acceptors (Lipinski definition) is 5. The Bertz CT molecular complexity index is 533. The van der Waals surface area contributed by atoms with Gasteiger partial charge in [0.2, 0.25) is 0 Å². The van der Waals surface area contributed by atoms with Gasteiger partial charge < -0.3 is 15.2 Å². The van der Waals surface area contributed by atoms with Gasteiger partial charge in [-0.3, -0.25) is 9.80 Å². The Balaban J connectivity index is 2.81. The van der Waals surface area contributed by atoms with Crippen LogP contribution in [0.25, 0.3) is 0 Å². The third-order valence-corrected chi connectivity index (χ3v) is 4.68. The number of ether oxygens (including phenoxy) is 1. The van der Waals surface area contributed by atoms with Gasteiger partial charge in [-0.25, -0.2) is 4.79 Å². The Morgan fingerprint density at radius 1 is 1.24 bits per heavy atom. The summed E-state index contributed by atoms with van der Waals surface area (Å²) >= 11 is 0. The van der Waals surface area contributed by atoms with Crippen molar-refractivity contribution in [3.8, 4) is 5.75 Å². The highest BCUT2D eigenvalue weighted by Gasteiger charge is 2.16. The molecule has 0 aliphatic rings. The molecule has 0 saturated heterocycles. The van der Waals surface area contributed by atoms with E-state index in [0.29, 0.717) is 12.3 Å². The Kier molecular flexibility index (Phi) is 9.31. The lowest BCUT2D eigenvalue weighted by molar-refractivity contribution is 0.165. The molecule has 1 aromatic rings. The Morgan fingerprint density at radius 3 is 2.48 bits per heavy atom. The zero-order valence-electron chi connectivity index (χ0n) is 16.2. The molecule has 1 aromatic carbocycles. The SMILES string of the molecule is CCN(CC)Cc1cc(C(C)N(CC)CCNC(=O)OC)ccc1O. The molecule has 0 aliphatic carbocycles. The highest BCUT2D eigenvalue weighted by molar-refractivity contribution is 5.66. The van der Waals surface area contributed by atoms with Crippen molar-refractivity contribution in [2.45, 2.75) is 40.3 Å². The zero-order valence-corrected chi connectivity index (χ0v) is 16.2. The molecule has 1 amide bonds. The fourth-order valence-electron chi connectivity index (χ4n) is 2.89. The number of phenols is 1. The molecule has 0 aliphatic heterocycles. The van der Waals surface area contributed by atoms with Gasteiger partial charge in [0, 0.05) is 31.2 Å². The molecule has 2 N–H and O–H groups in total. The minimum atomic E-state index is -0.408. The van der Waals surface area contributed by atoms with Crippen molar-refractivity contribution in [2.75, 3.05) is 39.8 Å². The molecular weight excluding hydrogens is 318 g/mol. The quantitative estimate of drug-likeness (QED) is 0.678. The first-order chi connectivity index (χ1) is 12.0. The summed E-state index contributed by atoms with van der Waals surface area (Å²) in [6.45, 7) is 13.3. The molecule has 0 heterocycles. The number of aromatic hydroxyl groups is 1. The number of methoxy groups -OCH3 is 1. The molecule has 6 heteroatoms. The van der Waals surface area contributed by atoms with Crippen molar-refractivity contribution in [1.29, 1.82) is 0 Å². The number of alkyl carbamates (subject to hydrolysis) is 1. The number of rotatable bonds is 10. The van der Waals surface area contributed by atoms with E-state index in [1.165, 1.54) is 12.7 Å². The number of amides is 1. The van der Waals surface area contributed by atoms with Crippen molar-refractivity contribution in [3.63, 3.8) is 0 Å². The van der Waals surface area contributed by atoms with Crippen LogP contribution >= 0.6 is 0 Å². The smallest absolute Gasteiger partial charge is 0.406 e. The zero-order chi connectivity index (χ0) is 18.8. The lowest BCUT2D eigenvalue weighted by Crippen LogP contribution is -2.36. The number of likely N-dealkylation sites (N-methyl/N-ethyl adjacent to an activating group) is 1. The Labute approximate surface area is 151 Å². The lowest BCUT2D eigenvalue weighted by atomic mass is 10.0. The predicted molar refractivity (Wildman–Crippen MR) is 101 cm³/mol. The van der Waals surface area contributed by atoms with Gasteiger partial charge in [-0.2, -0.15) is 0 Å². The summed E-state index contributed by atoms with van der Waals surface area (Å²) < 4.78 is 4.60. The van der Waals surface area contributed by atoms with Gasteiger partial charge in [0.25, 0.3) is 0 Å². The number of carbonyl (C=O) groups excluding carboxylic acids is 1. The normalized spacial score (nSPS) is 12.4. The summed E-state index contributed by atoms with van der Waals surface area (Å²) in [5.74, 6) is 0.346. The van der Waals surface area contributed by atoms with Crippen molar-refractivity contribution in [3.05, 3.63) is 29.3 Å². The minimum Gasteiger partial charge on any atom is -0.508 e. The van der Waals surface area contributed by atoms with E-state index in [-0.39, 0.29) is 6.04 Å². The van der Waals surface area contributed by atoms with E-state index in [0.717, 1.165) is 38.3 Å². The van der Waals surface area contributed by atoms with Crippen LogP contribution in [0.1, 0.15) is 44.9 Å². The first-order valence-electron chi connectivity index (χ1n) is 9.06. The van der Waals surface area contributed by atoms with Crippen molar-refractivity contribution >= 4 is 6.09 Å². The molecule has 6 nitrogen and oxygen atoms in total. The van der Waals surface area contributed by atoms with Crippen LogP contribution in [0, 0.1) is 0 Å². The second-order valence-corrected chi connectivity index (χ2v) is 6.07. The lowest BCUT2D eigenvalue weighted by Gasteiger charge is -2.29. The van der Waals surface area contributed by atoms with Gasteiger partial charge in [0.05, 0.1) is 7.11 Å². The molecule has 0 spiro atoms. The van der Waals surface area contributed by atoms with E-state index in [9.17, 15) is 9.90 Å². The van der Waals surface area contributed by atoms with Crippen molar-refractivity contribution in [2.24, 2.45) is 0 Å². The van der Waals surface area contributed by atoms with Crippen LogP contribution in [0.15, 0.2) is 18.2 Å². The summed E-state index contributed by atoms with van der Waals surface area (Å²) in [5.41, 5.74) is 2.12. The molecule has 1 atom stereocenters. The summed E-state index contributed by atoms with van der Waals surface area (Å²) in [5, 5.41) is 12.9. The fraction of sp³-hybridized carbons (Fsp3) is 0.632. The topological polar surface area (TPSA) is 65.0 Å². The third-order valence-electron chi connectivity index (χ3n) is 4.68. The average molecular weight is 351 g/mol. The highest BCUT2D eigenvalue weighted by atomic mass is 16.5. The average Bonchev–Trinajstić information content (AvgIpc) is 2.63. The number of nitrogens with zero attached hydrogens (tertiary/aromatic N) is 2. The van der Waals surface area contributed by atoms with E-state index in [1.807, 2.05) is 6.07 Å². The maximum atomic E-state index is 11.2. The monoisotopic (exact) mass is 351 g/mol. The summed E-state index contributed by atoms with van der Waals surface area (Å²) in [6.07, 6.45) is -0.408. The number of hydrogen-bond donors (Lipinski definition) is 2. The van der Waals surface area contributed by atoms with E-state index in [1.54, 1.807) is 6.07 Å². The number of benzene rings is 1. The van der Waals surface area contributed by atoms with Gasteiger partial charge in [0.15, 0.2) is 0 Å². The maximum Gasteiger partial charge on any atom is 0.406 e. The van der Waals surface area contributed by atoms with Gasteiger partial charge in [-0.15, -0.1) is 0 Å². The van der Waals surface area contributed by atoms with Crippen molar-refractivity contribution < 1.29 is 14.6 Å². The second-order valence-electron chi connectivity index (χ2n) is 6.07. The molecule has 0 aromatic heterocycles. The molecule has 0 fully saturated rings. The van der Waals surface area contributed by atoms with E-state index < -0.39 is 6.09 Å². The van der Waals surface area contributed by atoms with E-state index in [4.69, 9.17) is 0 Å². The number of nitrogens with one attached hydrogen (secondary N) is 1. The Morgan fingerprint density at radius 2 is 1.92 bits per heavy atom. The van der Waals surface area contributed by atoms with Gasteiger partial charge in [-0.05, 0) is 44.3 Å². The van der Waals surface area contributed by atoms with Crippen molar-refractivity contribution in [1.82, 2.24) is 15.1 Å². The van der Waals surface area contributed by atoms with E-state index in [2.05, 4.69) is 53.6 Å². The molecule has 25 heavy (non-hydrogen) atoms.